The minimum atomic E-state index is -4.22. The first-order valence-corrected chi connectivity index (χ1v) is 17.2. The van der Waals surface area contributed by atoms with Crippen LogP contribution in [0.25, 0.3) is 5.65 Å². The molecule has 1 saturated carbocycles. The number of piperazine rings is 2. The van der Waals surface area contributed by atoms with Gasteiger partial charge in [0.1, 0.15) is 6.54 Å². The molecule has 4 aliphatic heterocycles. The molecule has 0 radical (unpaired) electrons. The van der Waals surface area contributed by atoms with E-state index in [-0.39, 0.29) is 43.3 Å². The summed E-state index contributed by atoms with van der Waals surface area (Å²) >= 11 is 1.98. The first-order valence-electron chi connectivity index (χ1n) is 16.1. The molecule has 3 aromatic heterocycles. The molecule has 7 heterocycles. The van der Waals surface area contributed by atoms with Crippen molar-refractivity contribution in [3.05, 3.63) is 30.7 Å². The number of carbonyl (C=O) groups is 2. The normalized spacial score (nSPS) is 27.2. The number of halogens is 3. The molecule has 1 N–H and O–H groups in total. The number of carbonyl (C=O) groups excluding carboxylic acids is 2. The zero-order valence-electron chi connectivity index (χ0n) is 25.3. The molecule has 0 aromatic carbocycles. The summed E-state index contributed by atoms with van der Waals surface area (Å²) in [5.41, 5.74) is 2.23. The molecule has 0 spiro atoms. The second-order valence-corrected chi connectivity index (χ2v) is 14.3. The molecule has 5 aliphatic rings. The number of thioether (sulfide) groups is 1. The second kappa shape index (κ2) is 11.6. The van der Waals surface area contributed by atoms with Crippen LogP contribution in [0.2, 0.25) is 0 Å². The van der Waals surface area contributed by atoms with E-state index in [0.29, 0.717) is 36.4 Å². The van der Waals surface area contributed by atoms with Crippen LogP contribution < -0.4 is 10.2 Å². The molecule has 16 heteroatoms. The highest BCUT2D eigenvalue weighted by Crippen LogP contribution is 2.47. The number of alkyl halides is 3. The van der Waals surface area contributed by atoms with Gasteiger partial charge in [0.15, 0.2) is 5.65 Å². The van der Waals surface area contributed by atoms with Crippen molar-refractivity contribution in [2.75, 3.05) is 61.0 Å². The van der Waals surface area contributed by atoms with Gasteiger partial charge in [0.25, 0.3) is 0 Å². The van der Waals surface area contributed by atoms with Crippen molar-refractivity contribution in [3.8, 4) is 0 Å². The fourth-order valence-electron chi connectivity index (χ4n) is 7.60. The molecule has 2 amide bonds. The summed E-state index contributed by atoms with van der Waals surface area (Å²) in [7, 11) is 0. The monoisotopic (exact) mass is 658 g/mol. The number of hydrogen-bond acceptors (Lipinski definition) is 9. The lowest BCUT2D eigenvalue weighted by atomic mass is 9.73. The predicted molar refractivity (Wildman–Crippen MR) is 166 cm³/mol. The average molecular weight is 659 g/mol. The minimum Gasteiger partial charge on any atom is -0.364 e. The van der Waals surface area contributed by atoms with E-state index in [1.807, 2.05) is 39.9 Å². The summed E-state index contributed by atoms with van der Waals surface area (Å²) < 4.78 is 42.4. The van der Waals surface area contributed by atoms with Gasteiger partial charge in [-0.05, 0) is 37.8 Å². The largest absolute Gasteiger partial charge is 0.391 e. The molecule has 2 atom stereocenters. The van der Waals surface area contributed by atoms with Gasteiger partial charge in [0.2, 0.25) is 17.8 Å². The highest BCUT2D eigenvalue weighted by molar-refractivity contribution is 8.00. The number of pyridine rings is 1. The van der Waals surface area contributed by atoms with E-state index >= 15 is 0 Å². The molecule has 2 bridgehead atoms. The first-order chi connectivity index (χ1) is 22.2. The van der Waals surface area contributed by atoms with Crippen molar-refractivity contribution in [3.63, 3.8) is 0 Å². The quantitative estimate of drug-likeness (QED) is 0.410. The Kier molecular flexibility index (Phi) is 7.54. The van der Waals surface area contributed by atoms with Crippen LogP contribution in [-0.2, 0) is 16.1 Å². The highest BCUT2D eigenvalue weighted by Gasteiger charge is 2.53. The SMILES string of the molecule is O=C(Cn1cc(Nc2nc3c(N4CC5CCC(C4)N5C(=O)[C@H]4C[C@@H](C(F)(F)F)C4)cccn3n2)cn1)N1CCN(C2CSC2)CC1. The summed E-state index contributed by atoms with van der Waals surface area (Å²) in [4.78, 5) is 39.4. The van der Waals surface area contributed by atoms with Crippen molar-refractivity contribution in [2.45, 2.75) is 56.5 Å². The molecule has 12 nitrogen and oxygen atoms in total. The van der Waals surface area contributed by atoms with Crippen LogP contribution >= 0.6 is 11.8 Å². The van der Waals surface area contributed by atoms with Gasteiger partial charge in [0.05, 0.1) is 23.5 Å². The number of nitrogens with one attached hydrogen (secondary N) is 1. The lowest BCUT2D eigenvalue weighted by Gasteiger charge is -2.45. The van der Waals surface area contributed by atoms with E-state index < -0.39 is 18.0 Å². The third-order valence-corrected chi connectivity index (χ3v) is 11.6. The molecule has 246 valence electrons. The van der Waals surface area contributed by atoms with Gasteiger partial charge in [-0.2, -0.15) is 35.0 Å². The van der Waals surface area contributed by atoms with Crippen molar-refractivity contribution in [1.82, 2.24) is 39.1 Å². The van der Waals surface area contributed by atoms with Crippen LogP contribution in [0.3, 0.4) is 0 Å². The Hall–Kier alpha value is -3.53. The van der Waals surface area contributed by atoms with Gasteiger partial charge in [-0.3, -0.25) is 19.2 Å². The second-order valence-electron chi connectivity index (χ2n) is 13.2. The van der Waals surface area contributed by atoms with E-state index in [4.69, 9.17) is 4.98 Å². The van der Waals surface area contributed by atoms with Crippen LogP contribution in [0.4, 0.5) is 30.5 Å². The Bertz CT molecular complexity index is 1600. The van der Waals surface area contributed by atoms with Crippen molar-refractivity contribution >= 4 is 46.5 Å². The maximum Gasteiger partial charge on any atom is 0.391 e. The molecule has 4 saturated heterocycles. The molecule has 3 aromatic rings. The maximum absolute atomic E-state index is 13.2. The Morgan fingerprint density at radius 2 is 1.76 bits per heavy atom. The summed E-state index contributed by atoms with van der Waals surface area (Å²) in [5, 5.41) is 12.2. The van der Waals surface area contributed by atoms with Crippen molar-refractivity contribution in [1.29, 1.82) is 0 Å². The van der Waals surface area contributed by atoms with Crippen LogP contribution in [0.1, 0.15) is 25.7 Å². The zero-order chi connectivity index (χ0) is 31.6. The molecular formula is C30H37F3N10O2S. The minimum absolute atomic E-state index is 0.0313. The third kappa shape index (κ3) is 5.56. The summed E-state index contributed by atoms with van der Waals surface area (Å²) in [6.07, 6.45) is 2.53. The lowest BCUT2D eigenvalue weighted by Crippen LogP contribution is -2.58. The van der Waals surface area contributed by atoms with E-state index in [1.165, 1.54) is 11.5 Å². The van der Waals surface area contributed by atoms with Gasteiger partial charge in [0, 0.05) is 87.2 Å². The Balaban J connectivity index is 0.889. The van der Waals surface area contributed by atoms with Gasteiger partial charge >= 0.3 is 6.18 Å². The Labute approximate surface area is 268 Å². The number of aromatic nitrogens is 5. The lowest BCUT2D eigenvalue weighted by molar-refractivity contribution is -0.207. The predicted octanol–water partition coefficient (Wildman–Crippen LogP) is 2.70. The van der Waals surface area contributed by atoms with Crippen LogP contribution in [0.5, 0.6) is 0 Å². The van der Waals surface area contributed by atoms with Crippen molar-refractivity contribution in [2.24, 2.45) is 11.8 Å². The number of fused-ring (bicyclic) bond motifs is 3. The van der Waals surface area contributed by atoms with Crippen LogP contribution in [0, 0.1) is 11.8 Å². The van der Waals surface area contributed by atoms with E-state index in [1.54, 1.807) is 21.6 Å². The number of hydrogen-bond donors (Lipinski definition) is 1. The Morgan fingerprint density at radius 3 is 2.43 bits per heavy atom. The van der Waals surface area contributed by atoms with Crippen LogP contribution in [-0.4, -0.2) is 126 Å². The maximum atomic E-state index is 13.2. The number of rotatable bonds is 7. The topological polar surface area (TPSA) is 107 Å². The Morgan fingerprint density at radius 1 is 1.02 bits per heavy atom. The molecule has 2 unspecified atom stereocenters. The fraction of sp³-hybridized carbons (Fsp3) is 0.633. The number of amides is 2. The number of nitrogens with zero attached hydrogens (tertiary/aromatic N) is 9. The molecule has 1 aliphatic carbocycles. The standard InChI is InChI=1S/C30H37F3N10O2S/c31-30(32,33)20-10-19(11-20)28(45)43-22-3-4-23(43)15-40(14-22)25-2-1-5-42-27(25)36-29(37-42)35-21-12-34-41(13-21)16-26(44)39-8-6-38(7-9-39)24-17-46-18-24/h1-2,5,12-13,19-20,22-24H,3-4,6-11,14-18H2,(H,35,37)/t19-,20+,22?,23?. The molecular weight excluding hydrogens is 621 g/mol. The third-order valence-electron chi connectivity index (χ3n) is 10.4. The zero-order valence-corrected chi connectivity index (χ0v) is 26.2. The van der Waals surface area contributed by atoms with Gasteiger partial charge in [-0.1, -0.05) is 0 Å². The number of anilines is 3. The van der Waals surface area contributed by atoms with Gasteiger partial charge in [-0.25, -0.2) is 4.52 Å². The van der Waals surface area contributed by atoms with Crippen molar-refractivity contribution < 1.29 is 22.8 Å². The average Bonchev–Trinajstić information content (AvgIpc) is 3.66. The van der Waals surface area contributed by atoms with Gasteiger partial charge in [-0.15, -0.1) is 5.10 Å². The summed E-state index contributed by atoms with van der Waals surface area (Å²) in [6, 6.07) is 4.49. The molecule has 8 rings (SSSR count). The molecule has 46 heavy (non-hydrogen) atoms. The smallest absolute Gasteiger partial charge is 0.364 e. The highest BCUT2D eigenvalue weighted by atomic mass is 32.2. The first kappa shape index (κ1) is 29.8. The molecule has 5 fully saturated rings. The summed E-state index contributed by atoms with van der Waals surface area (Å²) in [6.45, 7) is 4.71. The fourth-order valence-corrected chi connectivity index (χ4v) is 8.47. The van der Waals surface area contributed by atoms with E-state index in [2.05, 4.69) is 25.3 Å². The summed E-state index contributed by atoms with van der Waals surface area (Å²) in [5.74, 6) is 0.842. The van der Waals surface area contributed by atoms with Crippen LogP contribution in [0.15, 0.2) is 30.7 Å². The van der Waals surface area contributed by atoms with E-state index in [9.17, 15) is 22.8 Å². The van der Waals surface area contributed by atoms with E-state index in [0.717, 1.165) is 44.7 Å². The van der Waals surface area contributed by atoms with Gasteiger partial charge < -0.3 is 20.0 Å².